The fourth-order valence-corrected chi connectivity index (χ4v) is 4.97. The molecule has 2 aromatic rings. The van der Waals surface area contributed by atoms with E-state index >= 15 is 0 Å². The van der Waals surface area contributed by atoms with Gasteiger partial charge in [-0.2, -0.15) is 0 Å². The molecular formula is C20H20N2O2. The number of imide groups is 1. The van der Waals surface area contributed by atoms with Crippen LogP contribution in [0.5, 0.6) is 0 Å². The fourth-order valence-electron chi connectivity index (χ4n) is 4.97. The molecule has 24 heavy (non-hydrogen) atoms. The number of rotatable bonds is 1. The van der Waals surface area contributed by atoms with Gasteiger partial charge >= 0.3 is 0 Å². The van der Waals surface area contributed by atoms with E-state index in [1.165, 1.54) is 12.8 Å². The number of fused-ring (bicyclic) bond motifs is 2. The Balaban J connectivity index is 1.60. The molecule has 2 saturated heterocycles. The highest BCUT2D eigenvalue weighted by atomic mass is 16.2. The molecular weight excluding hydrogens is 300 g/mol. The van der Waals surface area contributed by atoms with Crippen LogP contribution >= 0.6 is 0 Å². The molecule has 3 heterocycles. The molecule has 2 amide bonds. The summed E-state index contributed by atoms with van der Waals surface area (Å²) in [4.78, 5) is 30.2. The SMILES string of the molecule is CN1[C@@H]2CC[C@H]1CC(N1C(=O)c3cccc4cccc(c34)C1=O)C2. The van der Waals surface area contributed by atoms with E-state index in [2.05, 4.69) is 11.9 Å². The molecule has 2 aromatic carbocycles. The standard InChI is InChI=1S/C20H20N2O2/c1-21-13-8-9-14(21)11-15(10-13)22-19(23)16-6-2-4-12-5-3-7-17(18(12)16)20(22)24/h2-7,13-15H,8-11H2,1H3/t13-,14+,15?. The molecule has 0 N–H and O–H groups in total. The van der Waals surface area contributed by atoms with Gasteiger partial charge in [-0.15, -0.1) is 0 Å². The smallest absolute Gasteiger partial charge is 0.261 e. The lowest BCUT2D eigenvalue weighted by Crippen LogP contribution is -2.54. The molecule has 2 bridgehead atoms. The lowest BCUT2D eigenvalue weighted by Gasteiger charge is -2.42. The average molecular weight is 320 g/mol. The van der Waals surface area contributed by atoms with E-state index in [1.54, 1.807) is 4.90 Å². The summed E-state index contributed by atoms with van der Waals surface area (Å²) in [5.74, 6) is -0.225. The quantitative estimate of drug-likeness (QED) is 0.758. The van der Waals surface area contributed by atoms with Crippen LogP contribution in [-0.4, -0.2) is 46.8 Å². The zero-order chi connectivity index (χ0) is 16.4. The number of benzene rings is 2. The third kappa shape index (κ3) is 1.77. The number of hydrogen-bond donors (Lipinski definition) is 0. The second-order valence-corrected chi connectivity index (χ2v) is 7.37. The Hall–Kier alpha value is -2.20. The van der Waals surface area contributed by atoms with Gasteiger partial charge < -0.3 is 4.90 Å². The van der Waals surface area contributed by atoms with Gasteiger partial charge in [0.15, 0.2) is 0 Å². The first kappa shape index (κ1) is 14.2. The summed E-state index contributed by atoms with van der Waals surface area (Å²) in [7, 11) is 2.18. The normalized spacial score (nSPS) is 29.5. The third-order valence-corrected chi connectivity index (χ3v) is 6.24. The highest BCUT2D eigenvalue weighted by molar-refractivity contribution is 6.25. The molecule has 0 saturated carbocycles. The van der Waals surface area contributed by atoms with Crippen LogP contribution < -0.4 is 0 Å². The summed E-state index contributed by atoms with van der Waals surface area (Å²) in [6.45, 7) is 0. The van der Waals surface area contributed by atoms with Crippen molar-refractivity contribution in [3.8, 4) is 0 Å². The van der Waals surface area contributed by atoms with Crippen molar-refractivity contribution in [1.82, 2.24) is 9.80 Å². The molecule has 0 radical (unpaired) electrons. The molecule has 1 unspecified atom stereocenters. The Bertz CT molecular complexity index is 810. The van der Waals surface area contributed by atoms with Gasteiger partial charge in [0.2, 0.25) is 0 Å². The van der Waals surface area contributed by atoms with Crippen molar-refractivity contribution in [3.05, 3.63) is 47.5 Å². The Kier molecular flexibility index (Phi) is 2.89. The second-order valence-electron chi connectivity index (χ2n) is 7.37. The number of nitrogens with zero attached hydrogens (tertiary/aromatic N) is 2. The zero-order valence-corrected chi connectivity index (χ0v) is 13.7. The minimum atomic E-state index is -0.113. The maximum atomic E-state index is 13.1. The molecule has 4 heteroatoms. The largest absolute Gasteiger partial charge is 0.300 e. The minimum absolute atomic E-state index is 0.0299. The molecule has 3 aliphatic heterocycles. The second kappa shape index (κ2) is 4.90. The fraction of sp³-hybridized carbons (Fsp3) is 0.400. The minimum Gasteiger partial charge on any atom is -0.300 e. The Morgan fingerprint density at radius 3 is 1.92 bits per heavy atom. The van der Waals surface area contributed by atoms with Gasteiger partial charge in [0, 0.05) is 34.6 Å². The third-order valence-electron chi connectivity index (χ3n) is 6.24. The van der Waals surface area contributed by atoms with Gasteiger partial charge in [0.1, 0.15) is 0 Å². The number of piperidine rings is 1. The Morgan fingerprint density at radius 2 is 1.38 bits per heavy atom. The van der Waals surface area contributed by atoms with Crippen molar-refractivity contribution < 1.29 is 9.59 Å². The maximum Gasteiger partial charge on any atom is 0.261 e. The number of carbonyl (C=O) groups excluding carboxylic acids is 2. The lowest BCUT2D eigenvalue weighted by atomic mass is 9.90. The maximum absolute atomic E-state index is 13.1. The summed E-state index contributed by atoms with van der Waals surface area (Å²) in [6.07, 6.45) is 4.17. The topological polar surface area (TPSA) is 40.6 Å². The summed E-state index contributed by atoms with van der Waals surface area (Å²) >= 11 is 0. The van der Waals surface area contributed by atoms with Crippen LogP contribution in [0.4, 0.5) is 0 Å². The number of hydrogen-bond acceptors (Lipinski definition) is 3. The Labute approximate surface area is 141 Å². The number of amides is 2. The van der Waals surface area contributed by atoms with E-state index in [0.717, 1.165) is 23.6 Å². The van der Waals surface area contributed by atoms with Crippen LogP contribution in [0.25, 0.3) is 10.8 Å². The molecule has 0 spiro atoms. The van der Waals surface area contributed by atoms with Crippen molar-refractivity contribution >= 4 is 22.6 Å². The first-order valence-corrected chi connectivity index (χ1v) is 8.76. The molecule has 2 fully saturated rings. The average Bonchev–Trinajstić information content (AvgIpc) is 2.81. The molecule has 4 nitrogen and oxygen atoms in total. The van der Waals surface area contributed by atoms with Crippen LogP contribution in [0.15, 0.2) is 36.4 Å². The van der Waals surface area contributed by atoms with Gasteiger partial charge in [-0.25, -0.2) is 0 Å². The molecule has 0 aliphatic carbocycles. The van der Waals surface area contributed by atoms with E-state index in [9.17, 15) is 9.59 Å². The van der Waals surface area contributed by atoms with E-state index in [1.807, 2.05) is 36.4 Å². The van der Waals surface area contributed by atoms with Crippen LogP contribution in [0, 0.1) is 0 Å². The molecule has 3 aliphatic rings. The monoisotopic (exact) mass is 320 g/mol. The van der Waals surface area contributed by atoms with Crippen molar-refractivity contribution in [2.24, 2.45) is 0 Å². The Morgan fingerprint density at radius 1 is 0.833 bits per heavy atom. The first-order chi connectivity index (χ1) is 11.6. The van der Waals surface area contributed by atoms with Crippen molar-refractivity contribution in [1.29, 1.82) is 0 Å². The van der Waals surface area contributed by atoms with Gasteiger partial charge in [-0.05, 0) is 50.2 Å². The van der Waals surface area contributed by atoms with Gasteiger partial charge in [-0.3, -0.25) is 14.5 Å². The van der Waals surface area contributed by atoms with Crippen LogP contribution in [0.1, 0.15) is 46.4 Å². The predicted molar refractivity (Wildman–Crippen MR) is 92.0 cm³/mol. The first-order valence-electron chi connectivity index (χ1n) is 8.76. The summed E-state index contributed by atoms with van der Waals surface area (Å²) in [5, 5.41) is 1.79. The van der Waals surface area contributed by atoms with E-state index in [-0.39, 0.29) is 17.9 Å². The highest BCUT2D eigenvalue weighted by Gasteiger charge is 2.45. The summed E-state index contributed by atoms with van der Waals surface area (Å²) in [5.41, 5.74) is 1.35. The van der Waals surface area contributed by atoms with E-state index < -0.39 is 0 Å². The van der Waals surface area contributed by atoms with Crippen molar-refractivity contribution in [2.75, 3.05) is 7.05 Å². The zero-order valence-electron chi connectivity index (χ0n) is 13.7. The molecule has 5 rings (SSSR count). The molecule has 0 aromatic heterocycles. The van der Waals surface area contributed by atoms with Crippen LogP contribution in [0.3, 0.4) is 0 Å². The van der Waals surface area contributed by atoms with Gasteiger partial charge in [0.05, 0.1) is 0 Å². The number of carbonyl (C=O) groups is 2. The van der Waals surface area contributed by atoms with Gasteiger partial charge in [-0.1, -0.05) is 24.3 Å². The van der Waals surface area contributed by atoms with Crippen molar-refractivity contribution in [2.45, 2.75) is 43.8 Å². The highest BCUT2D eigenvalue weighted by Crippen LogP contribution is 2.39. The van der Waals surface area contributed by atoms with Gasteiger partial charge in [0.25, 0.3) is 11.8 Å². The van der Waals surface area contributed by atoms with Crippen molar-refractivity contribution in [3.63, 3.8) is 0 Å². The summed E-state index contributed by atoms with van der Waals surface area (Å²) < 4.78 is 0. The lowest BCUT2D eigenvalue weighted by molar-refractivity contribution is 0.0397. The summed E-state index contributed by atoms with van der Waals surface area (Å²) in [6, 6.07) is 12.5. The van der Waals surface area contributed by atoms with E-state index in [0.29, 0.717) is 23.2 Å². The van der Waals surface area contributed by atoms with E-state index in [4.69, 9.17) is 0 Å². The molecule has 3 atom stereocenters. The predicted octanol–water partition coefficient (Wildman–Crippen LogP) is 3.06. The molecule has 122 valence electrons. The van der Waals surface area contributed by atoms with Crippen LogP contribution in [-0.2, 0) is 0 Å². The van der Waals surface area contributed by atoms with Crippen LogP contribution in [0.2, 0.25) is 0 Å².